The molecule has 2 rings (SSSR count). The Morgan fingerprint density at radius 2 is 2.29 bits per heavy atom. The van der Waals surface area contributed by atoms with Gasteiger partial charge in [-0.15, -0.1) is 0 Å². The van der Waals surface area contributed by atoms with Crippen LogP contribution < -0.4 is 11.3 Å². The summed E-state index contributed by atoms with van der Waals surface area (Å²) in [5, 5.41) is 4.80. The average Bonchev–Trinajstić information content (AvgIpc) is 2.71. The number of halogens is 2. The van der Waals surface area contributed by atoms with Crippen molar-refractivity contribution in [3.63, 3.8) is 0 Å². The molecule has 3 N–H and O–H groups in total. The maximum atomic E-state index is 6.18. The highest BCUT2D eigenvalue weighted by atomic mass is 79.9. The van der Waals surface area contributed by atoms with Gasteiger partial charge in [-0.25, -0.2) is 5.43 Å². The van der Waals surface area contributed by atoms with Crippen molar-refractivity contribution in [2.24, 2.45) is 12.9 Å². The zero-order valence-electron chi connectivity index (χ0n) is 9.19. The second-order valence-corrected chi connectivity index (χ2v) is 5.04. The Labute approximate surface area is 113 Å². The van der Waals surface area contributed by atoms with Crippen LogP contribution in [-0.2, 0) is 7.05 Å². The standard InChI is InChI=1S/C11H12BrClN4/c1-17-6-7(5-15-17)11(16-14)9-4-8(12)2-3-10(9)13/h2-6,11,16H,14H2,1H3. The molecule has 0 aliphatic carbocycles. The van der Waals surface area contributed by atoms with Gasteiger partial charge >= 0.3 is 0 Å². The molecule has 0 aliphatic heterocycles. The van der Waals surface area contributed by atoms with Crippen LogP contribution >= 0.6 is 27.5 Å². The number of hydrogen-bond donors (Lipinski definition) is 2. The number of hydrogen-bond acceptors (Lipinski definition) is 3. The Morgan fingerprint density at radius 1 is 1.53 bits per heavy atom. The number of rotatable bonds is 3. The summed E-state index contributed by atoms with van der Waals surface area (Å²) in [7, 11) is 1.86. The van der Waals surface area contributed by atoms with Crippen LogP contribution in [0.1, 0.15) is 17.2 Å². The van der Waals surface area contributed by atoms with E-state index in [0.29, 0.717) is 5.02 Å². The van der Waals surface area contributed by atoms with E-state index in [2.05, 4.69) is 26.5 Å². The van der Waals surface area contributed by atoms with Crippen LogP contribution in [0.25, 0.3) is 0 Å². The first-order valence-corrected chi connectivity index (χ1v) is 6.18. The predicted molar refractivity (Wildman–Crippen MR) is 71.5 cm³/mol. The molecule has 1 unspecified atom stereocenters. The number of nitrogens with zero attached hydrogens (tertiary/aromatic N) is 2. The summed E-state index contributed by atoms with van der Waals surface area (Å²) in [5.41, 5.74) is 4.64. The minimum atomic E-state index is -0.173. The maximum Gasteiger partial charge on any atom is 0.0755 e. The molecule has 0 amide bonds. The number of nitrogens with two attached hydrogens (primary N) is 1. The van der Waals surface area contributed by atoms with Gasteiger partial charge in [-0.1, -0.05) is 27.5 Å². The van der Waals surface area contributed by atoms with Crippen LogP contribution in [-0.4, -0.2) is 9.78 Å². The lowest BCUT2D eigenvalue weighted by molar-refractivity contribution is 0.635. The SMILES string of the molecule is Cn1cc(C(NN)c2cc(Br)ccc2Cl)cn1. The quantitative estimate of drug-likeness (QED) is 0.675. The molecule has 1 aromatic carbocycles. The van der Waals surface area contributed by atoms with Crippen LogP contribution in [0.15, 0.2) is 35.1 Å². The first-order chi connectivity index (χ1) is 8.11. The van der Waals surface area contributed by atoms with Gasteiger partial charge in [-0.05, 0) is 23.8 Å². The van der Waals surface area contributed by atoms with Gasteiger partial charge in [0.1, 0.15) is 0 Å². The van der Waals surface area contributed by atoms with Gasteiger partial charge in [0.2, 0.25) is 0 Å². The molecule has 0 bridgehead atoms. The molecule has 0 aliphatic rings. The van der Waals surface area contributed by atoms with E-state index in [1.165, 1.54) is 0 Å². The second-order valence-electron chi connectivity index (χ2n) is 3.71. The zero-order chi connectivity index (χ0) is 12.4. The highest BCUT2D eigenvalue weighted by molar-refractivity contribution is 9.10. The molecule has 90 valence electrons. The van der Waals surface area contributed by atoms with Gasteiger partial charge in [0.05, 0.1) is 12.2 Å². The third-order valence-corrected chi connectivity index (χ3v) is 3.33. The molecule has 6 heteroatoms. The molecule has 1 heterocycles. The average molecular weight is 316 g/mol. The largest absolute Gasteiger partial charge is 0.275 e. The Balaban J connectivity index is 2.45. The summed E-state index contributed by atoms with van der Waals surface area (Å²) in [4.78, 5) is 0. The molecule has 1 aromatic heterocycles. The highest BCUT2D eigenvalue weighted by Gasteiger charge is 2.17. The van der Waals surface area contributed by atoms with Crippen molar-refractivity contribution in [3.05, 3.63) is 51.2 Å². The number of aromatic nitrogens is 2. The lowest BCUT2D eigenvalue weighted by Crippen LogP contribution is -2.28. The fourth-order valence-electron chi connectivity index (χ4n) is 1.69. The summed E-state index contributed by atoms with van der Waals surface area (Å²) in [6.07, 6.45) is 3.67. The molecule has 17 heavy (non-hydrogen) atoms. The van der Waals surface area contributed by atoms with Crippen molar-refractivity contribution in [1.82, 2.24) is 15.2 Å². The van der Waals surface area contributed by atoms with Crippen molar-refractivity contribution >= 4 is 27.5 Å². The summed E-state index contributed by atoms with van der Waals surface area (Å²) in [5.74, 6) is 5.60. The smallest absolute Gasteiger partial charge is 0.0755 e. The summed E-state index contributed by atoms with van der Waals surface area (Å²) < 4.78 is 2.69. The van der Waals surface area contributed by atoms with Crippen molar-refractivity contribution in [3.8, 4) is 0 Å². The number of benzene rings is 1. The monoisotopic (exact) mass is 314 g/mol. The third kappa shape index (κ3) is 2.69. The van der Waals surface area contributed by atoms with Crippen LogP contribution in [0.4, 0.5) is 0 Å². The van der Waals surface area contributed by atoms with E-state index in [9.17, 15) is 0 Å². The van der Waals surface area contributed by atoms with Crippen LogP contribution in [0.3, 0.4) is 0 Å². The molecular formula is C11H12BrClN4. The Hall–Kier alpha value is -0.880. The van der Waals surface area contributed by atoms with Crippen molar-refractivity contribution in [1.29, 1.82) is 0 Å². The lowest BCUT2D eigenvalue weighted by Gasteiger charge is -2.16. The highest BCUT2D eigenvalue weighted by Crippen LogP contribution is 2.30. The van der Waals surface area contributed by atoms with Gasteiger partial charge in [0.25, 0.3) is 0 Å². The predicted octanol–water partition coefficient (Wildman–Crippen LogP) is 2.39. The minimum Gasteiger partial charge on any atom is -0.275 e. The lowest BCUT2D eigenvalue weighted by atomic mass is 10.0. The molecule has 0 saturated heterocycles. The van der Waals surface area contributed by atoms with E-state index in [1.807, 2.05) is 31.4 Å². The first kappa shape index (κ1) is 12.6. The summed E-state index contributed by atoms with van der Waals surface area (Å²) in [6, 6.07) is 5.50. The van der Waals surface area contributed by atoms with Crippen molar-refractivity contribution in [2.75, 3.05) is 0 Å². The van der Waals surface area contributed by atoms with Crippen molar-refractivity contribution in [2.45, 2.75) is 6.04 Å². The normalized spacial score (nSPS) is 12.7. The molecule has 0 fully saturated rings. The van der Waals surface area contributed by atoms with E-state index in [4.69, 9.17) is 17.4 Å². The third-order valence-electron chi connectivity index (χ3n) is 2.49. The molecule has 2 aromatic rings. The second kappa shape index (κ2) is 5.18. The fourth-order valence-corrected chi connectivity index (χ4v) is 2.30. The van der Waals surface area contributed by atoms with E-state index >= 15 is 0 Å². The minimum absolute atomic E-state index is 0.173. The fraction of sp³-hybridized carbons (Fsp3) is 0.182. The number of aryl methyl sites for hydroxylation is 1. The van der Waals surface area contributed by atoms with Gasteiger partial charge in [-0.3, -0.25) is 10.5 Å². The molecular weight excluding hydrogens is 304 g/mol. The van der Waals surface area contributed by atoms with Gasteiger partial charge in [-0.2, -0.15) is 5.10 Å². The number of nitrogens with one attached hydrogen (secondary N) is 1. The van der Waals surface area contributed by atoms with Crippen LogP contribution in [0.5, 0.6) is 0 Å². The molecule has 0 radical (unpaired) electrons. The molecule has 1 atom stereocenters. The van der Waals surface area contributed by atoms with E-state index in [0.717, 1.165) is 15.6 Å². The van der Waals surface area contributed by atoms with Crippen LogP contribution in [0.2, 0.25) is 5.02 Å². The topological polar surface area (TPSA) is 55.9 Å². The summed E-state index contributed by atoms with van der Waals surface area (Å²) in [6.45, 7) is 0. The van der Waals surface area contributed by atoms with Gasteiger partial charge < -0.3 is 0 Å². The van der Waals surface area contributed by atoms with E-state index in [1.54, 1.807) is 10.9 Å². The molecule has 4 nitrogen and oxygen atoms in total. The Bertz CT molecular complexity index is 526. The van der Waals surface area contributed by atoms with E-state index in [-0.39, 0.29) is 6.04 Å². The van der Waals surface area contributed by atoms with Crippen LogP contribution in [0, 0.1) is 0 Å². The Morgan fingerprint density at radius 3 is 2.88 bits per heavy atom. The van der Waals surface area contributed by atoms with Gasteiger partial charge in [0.15, 0.2) is 0 Å². The molecule has 0 saturated carbocycles. The zero-order valence-corrected chi connectivity index (χ0v) is 11.5. The summed E-state index contributed by atoms with van der Waals surface area (Å²) >= 11 is 9.61. The Kier molecular flexibility index (Phi) is 3.83. The first-order valence-electron chi connectivity index (χ1n) is 5.01. The van der Waals surface area contributed by atoms with Gasteiger partial charge in [0, 0.05) is 28.3 Å². The van der Waals surface area contributed by atoms with E-state index < -0.39 is 0 Å². The number of hydrazine groups is 1. The molecule has 0 spiro atoms. The maximum absolute atomic E-state index is 6.18. The van der Waals surface area contributed by atoms with Crippen molar-refractivity contribution < 1.29 is 0 Å².